The fourth-order valence-electron chi connectivity index (χ4n) is 1.64. The molecule has 1 saturated heterocycles. The van der Waals surface area contributed by atoms with Crippen LogP contribution in [0.15, 0.2) is 22.7 Å². The predicted molar refractivity (Wildman–Crippen MR) is 73.4 cm³/mol. The Morgan fingerprint density at radius 3 is 2.71 bits per heavy atom. The molecule has 0 saturated carbocycles. The molecule has 6 heteroatoms. The van der Waals surface area contributed by atoms with Crippen LogP contribution in [0.4, 0.5) is 5.69 Å². The number of thiocarbonyl (C=S) groups is 1. The Balaban J connectivity index is 2.38. The summed E-state index contributed by atoms with van der Waals surface area (Å²) in [7, 11) is 1.59. The second-order valence-corrected chi connectivity index (χ2v) is 4.90. The predicted octanol–water partition coefficient (Wildman–Crippen LogP) is 2.07. The Morgan fingerprint density at radius 1 is 1.53 bits per heavy atom. The van der Waals surface area contributed by atoms with Gasteiger partial charge in [-0.3, -0.25) is 9.69 Å². The highest BCUT2D eigenvalue weighted by atomic mass is 79.9. The highest BCUT2D eigenvalue weighted by molar-refractivity contribution is 9.10. The lowest BCUT2D eigenvalue weighted by Gasteiger charge is -2.16. The summed E-state index contributed by atoms with van der Waals surface area (Å²) in [5, 5.41) is 3.35. The van der Waals surface area contributed by atoms with Crippen molar-refractivity contribution in [3.8, 4) is 5.75 Å². The van der Waals surface area contributed by atoms with E-state index in [4.69, 9.17) is 17.0 Å². The van der Waals surface area contributed by atoms with Crippen molar-refractivity contribution < 1.29 is 9.53 Å². The maximum atomic E-state index is 11.9. The van der Waals surface area contributed by atoms with E-state index >= 15 is 0 Å². The van der Waals surface area contributed by atoms with Crippen LogP contribution in [-0.4, -0.2) is 24.2 Å². The minimum absolute atomic E-state index is 0.0490. The van der Waals surface area contributed by atoms with Gasteiger partial charge >= 0.3 is 0 Å². The number of hydrogen-bond acceptors (Lipinski definition) is 3. The minimum atomic E-state index is -0.275. The summed E-state index contributed by atoms with van der Waals surface area (Å²) >= 11 is 8.51. The van der Waals surface area contributed by atoms with E-state index in [1.807, 2.05) is 6.07 Å². The fourth-order valence-corrected chi connectivity index (χ4v) is 2.54. The second-order valence-electron chi connectivity index (χ2n) is 3.66. The summed E-state index contributed by atoms with van der Waals surface area (Å²) < 4.78 is 5.92. The van der Waals surface area contributed by atoms with Crippen LogP contribution in [0.3, 0.4) is 0 Å². The van der Waals surface area contributed by atoms with Crippen molar-refractivity contribution in [2.45, 2.75) is 13.0 Å². The van der Waals surface area contributed by atoms with E-state index in [0.717, 1.165) is 10.2 Å². The van der Waals surface area contributed by atoms with Crippen molar-refractivity contribution in [3.63, 3.8) is 0 Å². The summed E-state index contributed by atoms with van der Waals surface area (Å²) in [4.78, 5) is 13.4. The van der Waals surface area contributed by atoms with Crippen LogP contribution in [0.2, 0.25) is 0 Å². The van der Waals surface area contributed by atoms with Gasteiger partial charge in [-0.1, -0.05) is 0 Å². The monoisotopic (exact) mass is 314 g/mol. The van der Waals surface area contributed by atoms with Crippen molar-refractivity contribution in [1.82, 2.24) is 5.32 Å². The van der Waals surface area contributed by atoms with Gasteiger partial charge in [-0.2, -0.15) is 0 Å². The van der Waals surface area contributed by atoms with Gasteiger partial charge in [0.05, 0.1) is 17.3 Å². The molecule has 1 atom stereocenters. The van der Waals surface area contributed by atoms with E-state index in [1.165, 1.54) is 4.90 Å². The molecule has 0 aromatic heterocycles. The first kappa shape index (κ1) is 12.3. The topological polar surface area (TPSA) is 41.6 Å². The summed E-state index contributed by atoms with van der Waals surface area (Å²) in [6.07, 6.45) is 0. The molecular formula is C11H11BrN2O2S. The first-order valence-electron chi connectivity index (χ1n) is 5.02. The lowest BCUT2D eigenvalue weighted by Crippen LogP contribution is -2.30. The Labute approximate surface area is 113 Å². The van der Waals surface area contributed by atoms with E-state index in [0.29, 0.717) is 10.9 Å². The molecule has 1 aromatic rings. The van der Waals surface area contributed by atoms with Crippen LogP contribution < -0.4 is 15.0 Å². The molecule has 1 N–H and O–H groups in total. The molecule has 0 radical (unpaired) electrons. The maximum Gasteiger partial charge on any atom is 0.255 e. The third-order valence-corrected chi connectivity index (χ3v) is 3.45. The van der Waals surface area contributed by atoms with Crippen LogP contribution in [0, 0.1) is 0 Å². The lowest BCUT2D eigenvalue weighted by atomic mass is 10.2. The normalized spacial score (nSPS) is 19.5. The van der Waals surface area contributed by atoms with Crippen LogP contribution in [0.25, 0.3) is 0 Å². The van der Waals surface area contributed by atoms with E-state index in [1.54, 1.807) is 26.2 Å². The first-order chi connectivity index (χ1) is 8.04. The second kappa shape index (κ2) is 4.62. The maximum absolute atomic E-state index is 11.9. The van der Waals surface area contributed by atoms with Crippen molar-refractivity contribution in [2.75, 3.05) is 12.0 Å². The summed E-state index contributed by atoms with van der Waals surface area (Å²) in [6, 6.07) is 5.12. The Morgan fingerprint density at radius 2 is 2.24 bits per heavy atom. The molecular weight excluding hydrogens is 304 g/mol. The summed E-state index contributed by atoms with van der Waals surface area (Å²) in [6.45, 7) is 1.78. The average molecular weight is 315 g/mol. The van der Waals surface area contributed by atoms with Gasteiger partial charge in [-0.25, -0.2) is 0 Å². The zero-order valence-electron chi connectivity index (χ0n) is 9.36. The number of halogens is 1. The number of nitrogens with one attached hydrogen (secondary N) is 1. The van der Waals surface area contributed by atoms with Crippen LogP contribution in [0.1, 0.15) is 6.92 Å². The number of carbonyl (C=O) groups is 1. The van der Waals surface area contributed by atoms with Crippen LogP contribution >= 0.6 is 28.1 Å². The zero-order chi connectivity index (χ0) is 12.6. The molecule has 1 aromatic carbocycles. The molecule has 1 fully saturated rings. The van der Waals surface area contributed by atoms with Crippen LogP contribution in [-0.2, 0) is 4.79 Å². The smallest absolute Gasteiger partial charge is 0.255 e. The molecule has 1 aliphatic heterocycles. The Bertz CT molecular complexity index is 492. The van der Waals surface area contributed by atoms with Crippen molar-refractivity contribution in [1.29, 1.82) is 0 Å². The zero-order valence-corrected chi connectivity index (χ0v) is 11.8. The van der Waals surface area contributed by atoms with Gasteiger partial charge in [-0.15, -0.1) is 0 Å². The van der Waals surface area contributed by atoms with Gasteiger partial charge in [0.1, 0.15) is 11.8 Å². The van der Waals surface area contributed by atoms with E-state index in [2.05, 4.69) is 21.2 Å². The largest absolute Gasteiger partial charge is 0.496 e. The number of anilines is 1. The molecule has 1 amide bonds. The summed E-state index contributed by atoms with van der Waals surface area (Å²) in [5.74, 6) is 0.666. The molecule has 0 unspecified atom stereocenters. The molecule has 0 aliphatic carbocycles. The minimum Gasteiger partial charge on any atom is -0.496 e. The van der Waals surface area contributed by atoms with Gasteiger partial charge in [0.15, 0.2) is 5.11 Å². The van der Waals surface area contributed by atoms with E-state index in [-0.39, 0.29) is 11.9 Å². The highest BCUT2D eigenvalue weighted by Gasteiger charge is 2.33. The Kier molecular flexibility index (Phi) is 3.35. The molecule has 4 nitrogen and oxygen atoms in total. The number of carbonyl (C=O) groups excluding carboxylic acids is 1. The molecule has 0 spiro atoms. The Hall–Kier alpha value is -1.14. The third kappa shape index (κ3) is 2.14. The van der Waals surface area contributed by atoms with E-state index in [9.17, 15) is 4.79 Å². The standard InChI is InChI=1S/C11H11BrN2O2S/c1-6-10(15)14(11(17)13-6)7-3-4-9(16-2)8(12)5-7/h3-6H,1-2H3,(H,13,17)/t6-/m0/s1. The lowest BCUT2D eigenvalue weighted by molar-refractivity contribution is -0.117. The number of benzene rings is 1. The average Bonchev–Trinajstić information content (AvgIpc) is 2.53. The number of hydrogen-bond donors (Lipinski definition) is 1. The van der Waals surface area contributed by atoms with Crippen LogP contribution in [0.5, 0.6) is 5.75 Å². The number of methoxy groups -OCH3 is 1. The van der Waals surface area contributed by atoms with Gasteiger partial charge in [0.2, 0.25) is 0 Å². The molecule has 90 valence electrons. The molecule has 1 heterocycles. The van der Waals surface area contributed by atoms with Crippen molar-refractivity contribution in [3.05, 3.63) is 22.7 Å². The van der Waals surface area contributed by atoms with Gasteiger partial charge in [-0.05, 0) is 53.3 Å². The van der Waals surface area contributed by atoms with Crippen molar-refractivity contribution >= 4 is 44.9 Å². The quantitative estimate of drug-likeness (QED) is 0.849. The van der Waals surface area contributed by atoms with E-state index < -0.39 is 0 Å². The number of ether oxygens (including phenoxy) is 1. The molecule has 0 bridgehead atoms. The number of rotatable bonds is 2. The third-order valence-electron chi connectivity index (χ3n) is 2.53. The van der Waals surface area contributed by atoms with Gasteiger partial charge in [0.25, 0.3) is 5.91 Å². The van der Waals surface area contributed by atoms with Gasteiger partial charge in [0, 0.05) is 0 Å². The SMILES string of the molecule is COc1ccc(N2C(=O)[C@H](C)NC2=S)cc1Br. The molecule has 1 aliphatic rings. The molecule has 17 heavy (non-hydrogen) atoms. The first-order valence-corrected chi connectivity index (χ1v) is 6.22. The highest BCUT2D eigenvalue weighted by Crippen LogP contribution is 2.30. The van der Waals surface area contributed by atoms with Crippen molar-refractivity contribution in [2.24, 2.45) is 0 Å². The van der Waals surface area contributed by atoms with Gasteiger partial charge < -0.3 is 10.1 Å². The fraction of sp³-hybridized carbons (Fsp3) is 0.273. The summed E-state index contributed by atoms with van der Waals surface area (Å²) in [5.41, 5.74) is 0.726. The molecule has 2 rings (SSSR count). The number of nitrogens with zero attached hydrogens (tertiary/aromatic N) is 1. The number of amides is 1.